The number of rotatable bonds is 2. The maximum absolute atomic E-state index is 2.83. The summed E-state index contributed by atoms with van der Waals surface area (Å²) in [6, 6.07) is 44.4. The summed E-state index contributed by atoms with van der Waals surface area (Å²) < 4.78 is 2.80. The minimum Gasteiger partial charge on any atom is -0.311 e. The van der Waals surface area contributed by atoms with Gasteiger partial charge in [0.15, 0.2) is 0 Å². The molecular weight excluding hydrogens is 816 g/mol. The minimum atomic E-state index is -0.0975. The molecule has 7 aromatic carbocycles. The van der Waals surface area contributed by atoms with Crippen molar-refractivity contribution in [2.45, 2.75) is 129 Å². The zero-order valence-electron chi connectivity index (χ0n) is 40.6. The van der Waals surface area contributed by atoms with Crippen LogP contribution in [0.2, 0.25) is 0 Å². The Morgan fingerprint density at radius 1 is 0.545 bits per heavy atom. The molecule has 2 nitrogen and oxygen atoms in total. The van der Waals surface area contributed by atoms with Crippen LogP contribution in [-0.2, 0) is 27.1 Å². The normalized spacial score (nSPS) is 20.4. The van der Waals surface area contributed by atoms with Gasteiger partial charge in [-0.05, 0) is 176 Å². The summed E-state index contributed by atoms with van der Waals surface area (Å²) in [7, 11) is 0. The number of aryl methyl sites for hydroxylation is 2. The molecule has 0 radical (unpaired) electrons. The van der Waals surface area contributed by atoms with E-state index in [4.69, 9.17) is 0 Å². The molecule has 8 aromatic rings. The van der Waals surface area contributed by atoms with Gasteiger partial charge in [0, 0.05) is 53.9 Å². The quantitative estimate of drug-likeness (QED) is 0.160. The average molecular weight is 875 g/mol. The van der Waals surface area contributed by atoms with E-state index in [0.29, 0.717) is 0 Å². The third kappa shape index (κ3) is 4.84. The molecule has 4 heterocycles. The van der Waals surface area contributed by atoms with E-state index >= 15 is 0 Å². The first kappa shape index (κ1) is 39.6. The number of hydrogen-bond donors (Lipinski definition) is 0. The van der Waals surface area contributed by atoms with Crippen LogP contribution in [0.25, 0.3) is 31.3 Å². The maximum atomic E-state index is 2.83. The predicted octanol–water partition coefficient (Wildman–Crippen LogP) is 15.1. The van der Waals surface area contributed by atoms with Crippen LogP contribution in [0.4, 0.5) is 34.1 Å². The smallest absolute Gasteiger partial charge is 0.252 e. The number of hydrogen-bond acceptors (Lipinski definition) is 3. The van der Waals surface area contributed by atoms with E-state index in [-0.39, 0.29) is 33.8 Å². The number of fused-ring (bicyclic) bond motifs is 6. The summed E-state index contributed by atoms with van der Waals surface area (Å²) in [6.45, 7) is 26.8. The van der Waals surface area contributed by atoms with Gasteiger partial charge < -0.3 is 9.80 Å². The fraction of sp³-hybridized carbons (Fsp3) is 0.323. The highest BCUT2D eigenvalue weighted by atomic mass is 32.1. The monoisotopic (exact) mass is 874 g/mol. The molecule has 2 bridgehead atoms. The molecule has 0 saturated heterocycles. The fourth-order valence-corrected chi connectivity index (χ4v) is 15.2. The first-order valence-corrected chi connectivity index (χ1v) is 25.5. The Morgan fingerprint density at radius 2 is 1.23 bits per heavy atom. The van der Waals surface area contributed by atoms with E-state index in [9.17, 15) is 0 Å². The van der Waals surface area contributed by atoms with Crippen molar-refractivity contribution >= 4 is 88.7 Å². The molecule has 6 aliphatic rings. The zero-order valence-corrected chi connectivity index (χ0v) is 41.4. The Hall–Kier alpha value is -5.58. The molecule has 0 N–H and O–H groups in total. The van der Waals surface area contributed by atoms with Gasteiger partial charge in [-0.25, -0.2) is 0 Å². The lowest BCUT2D eigenvalue weighted by Gasteiger charge is -2.47. The molecule has 1 unspecified atom stereocenters. The second kappa shape index (κ2) is 12.3. The molecule has 0 fully saturated rings. The van der Waals surface area contributed by atoms with Crippen molar-refractivity contribution in [3.63, 3.8) is 0 Å². The second-order valence-electron chi connectivity index (χ2n) is 24.2. The SMILES string of the molecule is Cc1cc2c3c(c1)N1c4c(-c5ccccc5)ccc5c4C54CCC(C)(C)c5cc6sc7ccc(c1c7c6cc54)B3c1cc(C(C)(C)C)ccc1N2c1cc2c(cc1C)C(C)(C)CCC2(C)C. The van der Waals surface area contributed by atoms with Crippen LogP contribution in [-0.4, -0.2) is 6.71 Å². The van der Waals surface area contributed by atoms with Gasteiger partial charge in [-0.15, -0.1) is 11.3 Å². The van der Waals surface area contributed by atoms with Gasteiger partial charge >= 0.3 is 0 Å². The summed E-state index contributed by atoms with van der Waals surface area (Å²) in [6.07, 6.45) is 4.70. The first-order valence-electron chi connectivity index (χ1n) is 24.7. The van der Waals surface area contributed by atoms with Crippen molar-refractivity contribution in [3.05, 3.63) is 159 Å². The van der Waals surface area contributed by atoms with E-state index in [1.54, 1.807) is 16.7 Å². The van der Waals surface area contributed by atoms with Crippen LogP contribution in [0.5, 0.6) is 0 Å². The van der Waals surface area contributed by atoms with Gasteiger partial charge in [-0.1, -0.05) is 129 Å². The molecule has 14 rings (SSSR count). The molecular formula is C62H59BN2S. The summed E-state index contributed by atoms with van der Waals surface area (Å²) in [5, 5.41) is 2.85. The first-order chi connectivity index (χ1) is 31.4. The maximum Gasteiger partial charge on any atom is 0.252 e. The lowest BCUT2D eigenvalue weighted by atomic mass is 9.33. The Bertz CT molecular complexity index is 3540. The molecule has 66 heavy (non-hydrogen) atoms. The lowest BCUT2D eigenvalue weighted by molar-refractivity contribution is 0.332. The molecule has 4 heteroatoms. The molecule has 1 aromatic heterocycles. The van der Waals surface area contributed by atoms with Crippen molar-refractivity contribution in [3.8, 4) is 11.1 Å². The van der Waals surface area contributed by atoms with Crippen LogP contribution >= 0.6 is 11.3 Å². The second-order valence-corrected chi connectivity index (χ2v) is 25.3. The lowest BCUT2D eigenvalue weighted by Crippen LogP contribution is -2.61. The molecule has 3 aliphatic carbocycles. The third-order valence-electron chi connectivity index (χ3n) is 17.8. The van der Waals surface area contributed by atoms with Crippen LogP contribution in [0, 0.1) is 13.8 Å². The Balaban J connectivity index is 1.15. The molecule has 0 saturated carbocycles. The predicted molar refractivity (Wildman–Crippen MR) is 284 cm³/mol. The van der Waals surface area contributed by atoms with E-state index in [2.05, 4.69) is 195 Å². The van der Waals surface area contributed by atoms with Crippen molar-refractivity contribution in [1.82, 2.24) is 0 Å². The highest BCUT2D eigenvalue weighted by molar-refractivity contribution is 7.26. The summed E-state index contributed by atoms with van der Waals surface area (Å²) in [5.74, 6) is 0. The summed E-state index contributed by atoms with van der Waals surface area (Å²) >= 11 is 2.00. The van der Waals surface area contributed by atoms with Gasteiger partial charge in [0.2, 0.25) is 0 Å². The summed E-state index contributed by atoms with van der Waals surface area (Å²) in [4.78, 5) is 5.54. The van der Waals surface area contributed by atoms with Crippen molar-refractivity contribution in [1.29, 1.82) is 0 Å². The standard InChI is InChI=1S/C62H59BN2S/c1-34-27-49-55-50(28-34)65-56-38(36-15-13-12-14-16-36)18-19-40-54(56)62(40)26-25-61(10,11)43-33-52-39(31-44(43)62)53-51(66-52)22-20-45(57(53)65)63(55)46-30-37(58(3,4)5)17-21-47(46)64(49)48-32-42-41(29-35(48)2)59(6,7)23-24-60(42,8)9/h12-22,27-33H,23-26H2,1-11H3. The Kier molecular flexibility index (Phi) is 7.38. The summed E-state index contributed by atoms with van der Waals surface area (Å²) in [5.41, 5.74) is 28.3. The molecule has 3 aliphatic heterocycles. The van der Waals surface area contributed by atoms with Gasteiger partial charge in [0.05, 0.1) is 11.4 Å². The largest absolute Gasteiger partial charge is 0.311 e. The molecule has 1 atom stereocenters. The fourth-order valence-electron chi connectivity index (χ4n) is 14.0. The Morgan fingerprint density at radius 3 is 1.95 bits per heavy atom. The van der Waals surface area contributed by atoms with Gasteiger partial charge in [-0.2, -0.15) is 0 Å². The van der Waals surface area contributed by atoms with E-state index in [0.717, 1.165) is 12.8 Å². The average Bonchev–Trinajstić information content (AvgIpc) is 3.77. The number of thiophene rings is 1. The Labute approximate surface area is 395 Å². The topological polar surface area (TPSA) is 6.48 Å². The number of benzene rings is 7. The van der Waals surface area contributed by atoms with Crippen LogP contribution < -0.4 is 26.2 Å². The van der Waals surface area contributed by atoms with Crippen LogP contribution in [0.3, 0.4) is 0 Å². The van der Waals surface area contributed by atoms with Crippen molar-refractivity contribution in [2.24, 2.45) is 0 Å². The van der Waals surface area contributed by atoms with E-state index in [1.165, 1.54) is 128 Å². The molecule has 0 amide bonds. The number of nitrogens with zero attached hydrogens (tertiary/aromatic N) is 2. The van der Waals surface area contributed by atoms with Crippen molar-refractivity contribution < 1.29 is 0 Å². The highest BCUT2D eigenvalue weighted by Crippen LogP contribution is 2.70. The van der Waals surface area contributed by atoms with Gasteiger partial charge in [0.25, 0.3) is 6.71 Å². The zero-order chi connectivity index (χ0) is 45.4. The van der Waals surface area contributed by atoms with Gasteiger partial charge in [0.1, 0.15) is 0 Å². The molecule has 1 spiro atoms. The highest BCUT2D eigenvalue weighted by Gasteiger charge is 2.60. The van der Waals surface area contributed by atoms with Crippen molar-refractivity contribution in [2.75, 3.05) is 9.80 Å². The third-order valence-corrected chi connectivity index (χ3v) is 19.0. The van der Waals surface area contributed by atoms with Crippen LogP contribution in [0.15, 0.2) is 109 Å². The number of anilines is 6. The van der Waals surface area contributed by atoms with Gasteiger partial charge in [-0.3, -0.25) is 0 Å². The van der Waals surface area contributed by atoms with Crippen LogP contribution in [0.1, 0.15) is 138 Å². The molecule has 326 valence electrons. The van der Waals surface area contributed by atoms with E-state index in [1.807, 2.05) is 11.3 Å². The van der Waals surface area contributed by atoms with E-state index < -0.39 is 0 Å². The minimum absolute atomic E-state index is 0.0143.